The lowest BCUT2D eigenvalue weighted by Crippen LogP contribution is -2.31. The van der Waals surface area contributed by atoms with Gasteiger partial charge in [-0.25, -0.2) is 4.79 Å². The Hall–Kier alpha value is -1.82. The summed E-state index contributed by atoms with van der Waals surface area (Å²) in [5.74, 6) is 0.0952. The molecule has 19 heavy (non-hydrogen) atoms. The van der Waals surface area contributed by atoms with Gasteiger partial charge in [0.05, 0.1) is 11.4 Å². The zero-order valence-electron chi connectivity index (χ0n) is 10.7. The number of carboxylic acid groups (broad SMARTS) is 1. The van der Waals surface area contributed by atoms with Gasteiger partial charge >= 0.3 is 6.09 Å². The quantitative estimate of drug-likeness (QED) is 0.903. The minimum absolute atomic E-state index is 0.131. The van der Waals surface area contributed by atoms with Crippen molar-refractivity contribution in [3.05, 3.63) is 29.3 Å². The van der Waals surface area contributed by atoms with Gasteiger partial charge in [0.25, 0.3) is 0 Å². The van der Waals surface area contributed by atoms with Crippen LogP contribution in [0.2, 0.25) is 0 Å². The molecule has 1 aliphatic heterocycles. The zero-order valence-corrected chi connectivity index (χ0v) is 11.5. The van der Waals surface area contributed by atoms with E-state index in [1.165, 1.54) is 4.90 Å². The van der Waals surface area contributed by atoms with Crippen molar-refractivity contribution >= 4 is 34.6 Å². The van der Waals surface area contributed by atoms with Crippen LogP contribution in [0.5, 0.6) is 0 Å². The number of thioether (sulfide) groups is 1. The number of aliphatic imine (C=N–C) groups is 1. The maximum atomic E-state index is 12.0. The molecule has 0 radical (unpaired) electrons. The van der Waals surface area contributed by atoms with E-state index >= 15 is 0 Å². The number of aryl methyl sites for hydroxylation is 2. The molecule has 0 atom stereocenters. The lowest BCUT2D eigenvalue weighted by molar-refractivity contribution is -0.115. The van der Waals surface area contributed by atoms with Crippen LogP contribution >= 0.6 is 11.8 Å². The average Bonchev–Trinajstić information content (AvgIpc) is 2.69. The Balaban J connectivity index is 2.55. The largest absolute Gasteiger partial charge is 0.463 e. The molecule has 6 heteroatoms. The Morgan fingerprint density at radius 2 is 2.26 bits per heavy atom. The van der Waals surface area contributed by atoms with E-state index < -0.39 is 6.09 Å². The van der Waals surface area contributed by atoms with E-state index in [1.54, 1.807) is 0 Å². The van der Waals surface area contributed by atoms with Gasteiger partial charge in [0.2, 0.25) is 5.91 Å². The summed E-state index contributed by atoms with van der Waals surface area (Å²) in [4.78, 5) is 27.7. The molecule has 5 nitrogen and oxygen atoms in total. The Morgan fingerprint density at radius 3 is 2.89 bits per heavy atom. The van der Waals surface area contributed by atoms with Crippen molar-refractivity contribution in [2.45, 2.75) is 20.3 Å². The van der Waals surface area contributed by atoms with Crippen molar-refractivity contribution in [1.29, 1.82) is 0 Å². The number of amidine groups is 1. The van der Waals surface area contributed by atoms with Crippen LogP contribution in [0.15, 0.2) is 23.2 Å². The van der Waals surface area contributed by atoms with Crippen LogP contribution < -0.4 is 4.90 Å². The van der Waals surface area contributed by atoms with Crippen LogP contribution in [-0.4, -0.2) is 28.0 Å². The fraction of sp³-hybridized carbons (Fsp3) is 0.308. The van der Waals surface area contributed by atoms with Crippen molar-refractivity contribution in [2.24, 2.45) is 4.99 Å². The minimum Gasteiger partial charge on any atom is -0.463 e. The summed E-state index contributed by atoms with van der Waals surface area (Å²) in [7, 11) is 0. The summed E-state index contributed by atoms with van der Waals surface area (Å²) < 4.78 is 0. The lowest BCUT2D eigenvalue weighted by Gasteiger charge is -2.21. The Morgan fingerprint density at radius 1 is 1.53 bits per heavy atom. The SMILES string of the molecule is CCc1cccc(C)c1N1C(=O)CSC1=NC(=O)O. The zero-order chi connectivity index (χ0) is 14.0. The Bertz CT molecular complexity index is 569. The highest BCUT2D eigenvalue weighted by molar-refractivity contribution is 8.15. The van der Waals surface area contributed by atoms with Gasteiger partial charge < -0.3 is 5.11 Å². The number of carbonyl (C=O) groups excluding carboxylic acids is 1. The van der Waals surface area contributed by atoms with Gasteiger partial charge in [-0.15, -0.1) is 0 Å². The van der Waals surface area contributed by atoms with Crippen molar-refractivity contribution in [3.63, 3.8) is 0 Å². The molecular formula is C13H14N2O3S. The molecule has 0 bridgehead atoms. The molecular weight excluding hydrogens is 264 g/mol. The highest BCUT2D eigenvalue weighted by Gasteiger charge is 2.32. The smallest absolute Gasteiger partial charge is 0.433 e. The molecule has 1 fully saturated rings. The molecule has 2 rings (SSSR count). The first kappa shape index (κ1) is 13.6. The standard InChI is InChI=1S/C13H14N2O3S/c1-3-9-6-4-5-8(2)11(9)15-10(16)7-19-12(15)14-13(17)18/h4-6H,3,7H2,1-2H3,(H,17,18). The van der Waals surface area contributed by atoms with Gasteiger partial charge in [-0.1, -0.05) is 36.9 Å². The topological polar surface area (TPSA) is 70.0 Å². The Kier molecular flexibility index (Phi) is 3.90. The van der Waals surface area contributed by atoms with E-state index in [4.69, 9.17) is 5.11 Å². The summed E-state index contributed by atoms with van der Waals surface area (Å²) in [5, 5.41) is 9.02. The van der Waals surface area contributed by atoms with Crippen LogP contribution in [0.25, 0.3) is 0 Å². The number of benzene rings is 1. The van der Waals surface area contributed by atoms with Gasteiger partial charge in [-0.2, -0.15) is 4.99 Å². The highest BCUT2D eigenvalue weighted by Crippen LogP contribution is 2.32. The van der Waals surface area contributed by atoms with E-state index in [0.717, 1.165) is 35.0 Å². The molecule has 0 aliphatic carbocycles. The molecule has 1 N–H and O–H groups in total. The van der Waals surface area contributed by atoms with Crippen LogP contribution in [0, 0.1) is 6.92 Å². The third-order valence-corrected chi connectivity index (χ3v) is 3.81. The molecule has 1 aromatic rings. The third-order valence-electron chi connectivity index (χ3n) is 2.88. The maximum Gasteiger partial charge on any atom is 0.433 e. The second-order valence-corrected chi connectivity index (χ2v) is 5.07. The normalized spacial score (nSPS) is 17.3. The number of anilines is 1. The van der Waals surface area contributed by atoms with Crippen molar-refractivity contribution in [2.75, 3.05) is 10.7 Å². The molecule has 1 heterocycles. The molecule has 0 spiro atoms. The summed E-state index contributed by atoms with van der Waals surface area (Å²) in [6.45, 7) is 3.91. The first-order chi connectivity index (χ1) is 9.04. The molecule has 1 aliphatic rings. The highest BCUT2D eigenvalue weighted by atomic mass is 32.2. The second-order valence-electron chi connectivity index (χ2n) is 4.13. The van der Waals surface area contributed by atoms with E-state index in [9.17, 15) is 9.59 Å². The molecule has 0 unspecified atom stereocenters. The molecule has 0 saturated carbocycles. The lowest BCUT2D eigenvalue weighted by atomic mass is 10.0. The van der Waals surface area contributed by atoms with E-state index in [1.807, 2.05) is 32.0 Å². The predicted octanol–water partition coefficient (Wildman–Crippen LogP) is 2.67. The number of carbonyl (C=O) groups is 2. The van der Waals surface area contributed by atoms with E-state index in [2.05, 4.69) is 4.99 Å². The molecule has 2 amide bonds. The van der Waals surface area contributed by atoms with Crippen molar-refractivity contribution < 1.29 is 14.7 Å². The van der Waals surface area contributed by atoms with Gasteiger partial charge in [-0.3, -0.25) is 9.69 Å². The Labute approximate surface area is 115 Å². The van der Waals surface area contributed by atoms with Crippen LogP contribution in [-0.2, 0) is 11.2 Å². The summed E-state index contributed by atoms with van der Waals surface area (Å²) >= 11 is 1.16. The monoisotopic (exact) mass is 278 g/mol. The molecule has 1 saturated heterocycles. The van der Waals surface area contributed by atoms with Gasteiger partial charge in [0.1, 0.15) is 0 Å². The molecule has 0 aromatic heterocycles. The minimum atomic E-state index is -1.28. The van der Waals surface area contributed by atoms with Crippen LogP contribution in [0.4, 0.5) is 10.5 Å². The third kappa shape index (κ3) is 2.63. The van der Waals surface area contributed by atoms with Crippen molar-refractivity contribution in [1.82, 2.24) is 0 Å². The number of nitrogens with zero attached hydrogens (tertiary/aromatic N) is 2. The van der Waals surface area contributed by atoms with Gasteiger partial charge in [0.15, 0.2) is 5.17 Å². The number of amides is 2. The summed E-state index contributed by atoms with van der Waals surface area (Å²) in [6.07, 6.45) is -0.514. The van der Waals surface area contributed by atoms with E-state index in [-0.39, 0.29) is 16.8 Å². The molecule has 1 aromatic carbocycles. The van der Waals surface area contributed by atoms with E-state index in [0.29, 0.717) is 0 Å². The number of rotatable bonds is 2. The summed E-state index contributed by atoms with van der Waals surface area (Å²) in [6, 6.07) is 5.78. The number of hydrogen-bond acceptors (Lipinski definition) is 3. The van der Waals surface area contributed by atoms with Crippen LogP contribution in [0.1, 0.15) is 18.1 Å². The van der Waals surface area contributed by atoms with Crippen molar-refractivity contribution in [3.8, 4) is 0 Å². The first-order valence-corrected chi connectivity index (χ1v) is 6.89. The van der Waals surface area contributed by atoms with Gasteiger partial charge in [-0.05, 0) is 24.5 Å². The fourth-order valence-electron chi connectivity index (χ4n) is 2.07. The predicted molar refractivity (Wildman–Crippen MR) is 76.0 cm³/mol. The van der Waals surface area contributed by atoms with Gasteiger partial charge in [0, 0.05) is 0 Å². The van der Waals surface area contributed by atoms with Crippen LogP contribution in [0.3, 0.4) is 0 Å². The average molecular weight is 278 g/mol. The summed E-state index contributed by atoms with van der Waals surface area (Å²) in [5.41, 5.74) is 2.71. The second kappa shape index (κ2) is 5.44. The fourth-order valence-corrected chi connectivity index (χ4v) is 2.92. The molecule has 100 valence electrons. The number of hydrogen-bond donors (Lipinski definition) is 1. The number of para-hydroxylation sites is 1. The maximum absolute atomic E-state index is 12.0. The first-order valence-electron chi connectivity index (χ1n) is 5.90.